The van der Waals surface area contributed by atoms with Crippen molar-refractivity contribution in [1.82, 2.24) is 4.90 Å². The zero-order valence-electron chi connectivity index (χ0n) is 12.0. The summed E-state index contributed by atoms with van der Waals surface area (Å²) in [5.74, 6) is 1.69. The molecule has 0 amide bonds. The largest absolute Gasteiger partial charge is 0.493 e. The SMILES string of the molecule is COc1cccc2c1OCN(CCc1ccc(Cl)cc1)C2. The highest BCUT2D eigenvalue weighted by Gasteiger charge is 2.20. The number of halogens is 1. The Balaban J connectivity index is 1.63. The summed E-state index contributed by atoms with van der Waals surface area (Å²) in [6.07, 6.45) is 0.986. The van der Waals surface area contributed by atoms with Gasteiger partial charge >= 0.3 is 0 Å². The maximum atomic E-state index is 5.90. The number of ether oxygens (including phenoxy) is 2. The van der Waals surface area contributed by atoms with Gasteiger partial charge in [0.2, 0.25) is 0 Å². The average Bonchev–Trinajstić information content (AvgIpc) is 2.53. The number of methoxy groups -OCH3 is 1. The first-order chi connectivity index (χ1) is 10.3. The van der Waals surface area contributed by atoms with E-state index in [2.05, 4.69) is 23.1 Å². The molecular weight excluding hydrogens is 286 g/mol. The second-order valence-electron chi connectivity index (χ2n) is 5.15. The standard InChI is InChI=1S/C17H18ClNO2/c1-20-16-4-2-3-14-11-19(12-21-17(14)16)10-9-13-5-7-15(18)8-6-13/h2-8H,9-12H2,1H3. The fourth-order valence-electron chi connectivity index (χ4n) is 2.53. The van der Waals surface area contributed by atoms with Gasteiger partial charge in [0.15, 0.2) is 11.5 Å². The molecule has 0 atom stereocenters. The van der Waals surface area contributed by atoms with Gasteiger partial charge in [-0.1, -0.05) is 35.9 Å². The molecule has 0 bridgehead atoms. The molecule has 0 N–H and O–H groups in total. The summed E-state index contributed by atoms with van der Waals surface area (Å²) in [6.45, 7) is 2.44. The van der Waals surface area contributed by atoms with Crippen LogP contribution < -0.4 is 9.47 Å². The molecule has 2 aromatic rings. The lowest BCUT2D eigenvalue weighted by molar-refractivity contribution is 0.0930. The second-order valence-corrected chi connectivity index (χ2v) is 5.59. The molecule has 1 aliphatic heterocycles. The minimum atomic E-state index is 0.598. The van der Waals surface area contributed by atoms with E-state index in [0.29, 0.717) is 6.73 Å². The molecule has 0 aliphatic carbocycles. The highest BCUT2D eigenvalue weighted by atomic mass is 35.5. The van der Waals surface area contributed by atoms with Gasteiger partial charge in [-0.2, -0.15) is 0 Å². The molecule has 0 unspecified atom stereocenters. The number of para-hydroxylation sites is 1. The second kappa shape index (κ2) is 6.37. The van der Waals surface area contributed by atoms with Crippen molar-refractivity contribution in [2.75, 3.05) is 20.4 Å². The molecule has 0 saturated carbocycles. The van der Waals surface area contributed by atoms with Crippen LogP contribution in [0, 0.1) is 0 Å². The molecule has 0 spiro atoms. The zero-order chi connectivity index (χ0) is 14.7. The average molecular weight is 304 g/mol. The van der Waals surface area contributed by atoms with E-state index < -0.39 is 0 Å². The van der Waals surface area contributed by atoms with Crippen LogP contribution in [0.15, 0.2) is 42.5 Å². The number of hydrogen-bond acceptors (Lipinski definition) is 3. The Morgan fingerprint density at radius 1 is 1.19 bits per heavy atom. The third kappa shape index (κ3) is 3.31. The van der Waals surface area contributed by atoms with Gasteiger partial charge in [-0.05, 0) is 30.2 Å². The maximum absolute atomic E-state index is 5.90. The van der Waals surface area contributed by atoms with Crippen molar-refractivity contribution in [3.8, 4) is 11.5 Å². The van der Waals surface area contributed by atoms with Gasteiger partial charge in [-0.25, -0.2) is 0 Å². The van der Waals surface area contributed by atoms with Gasteiger partial charge in [0.25, 0.3) is 0 Å². The summed E-state index contributed by atoms with van der Waals surface area (Å²) >= 11 is 5.90. The molecule has 0 aromatic heterocycles. The number of nitrogens with zero attached hydrogens (tertiary/aromatic N) is 1. The van der Waals surface area contributed by atoms with Crippen molar-refractivity contribution >= 4 is 11.6 Å². The molecule has 4 heteroatoms. The first-order valence-electron chi connectivity index (χ1n) is 7.02. The van der Waals surface area contributed by atoms with Gasteiger partial charge in [-0.3, -0.25) is 4.90 Å². The van der Waals surface area contributed by atoms with E-state index in [1.165, 1.54) is 11.1 Å². The highest BCUT2D eigenvalue weighted by molar-refractivity contribution is 6.30. The fourth-order valence-corrected chi connectivity index (χ4v) is 2.66. The van der Waals surface area contributed by atoms with Crippen LogP contribution in [0.1, 0.15) is 11.1 Å². The van der Waals surface area contributed by atoms with E-state index in [1.807, 2.05) is 24.3 Å². The van der Waals surface area contributed by atoms with Gasteiger partial charge in [-0.15, -0.1) is 0 Å². The first kappa shape index (κ1) is 14.2. The van der Waals surface area contributed by atoms with Crippen LogP contribution >= 0.6 is 11.6 Å². The number of hydrogen-bond donors (Lipinski definition) is 0. The lowest BCUT2D eigenvalue weighted by atomic mass is 10.1. The highest BCUT2D eigenvalue weighted by Crippen LogP contribution is 2.34. The van der Waals surface area contributed by atoms with Gasteiger partial charge in [0.1, 0.15) is 6.73 Å². The zero-order valence-corrected chi connectivity index (χ0v) is 12.8. The van der Waals surface area contributed by atoms with Crippen molar-refractivity contribution in [1.29, 1.82) is 0 Å². The Bertz CT molecular complexity index is 613. The van der Waals surface area contributed by atoms with E-state index in [-0.39, 0.29) is 0 Å². The van der Waals surface area contributed by atoms with Crippen molar-refractivity contribution in [3.05, 3.63) is 58.6 Å². The summed E-state index contributed by atoms with van der Waals surface area (Å²) in [5, 5.41) is 0.779. The van der Waals surface area contributed by atoms with Crippen LogP contribution in [0.3, 0.4) is 0 Å². The molecule has 0 saturated heterocycles. The van der Waals surface area contributed by atoms with E-state index >= 15 is 0 Å². The van der Waals surface area contributed by atoms with Crippen molar-refractivity contribution in [2.24, 2.45) is 0 Å². The monoisotopic (exact) mass is 303 g/mol. The third-order valence-corrected chi connectivity index (χ3v) is 3.95. The van der Waals surface area contributed by atoms with Gasteiger partial charge in [0.05, 0.1) is 7.11 Å². The van der Waals surface area contributed by atoms with Gasteiger partial charge in [0, 0.05) is 23.7 Å². The van der Waals surface area contributed by atoms with E-state index in [4.69, 9.17) is 21.1 Å². The number of benzene rings is 2. The van der Waals surface area contributed by atoms with Crippen LogP contribution in [-0.2, 0) is 13.0 Å². The summed E-state index contributed by atoms with van der Waals surface area (Å²) < 4.78 is 11.2. The number of fused-ring (bicyclic) bond motifs is 1. The molecular formula is C17H18ClNO2. The third-order valence-electron chi connectivity index (χ3n) is 3.70. The molecule has 1 aliphatic rings. The van der Waals surface area contributed by atoms with Crippen LogP contribution in [0.25, 0.3) is 0 Å². The van der Waals surface area contributed by atoms with Crippen LogP contribution in [0.4, 0.5) is 0 Å². The van der Waals surface area contributed by atoms with E-state index in [1.54, 1.807) is 7.11 Å². The quantitative estimate of drug-likeness (QED) is 0.859. The molecule has 1 heterocycles. The minimum Gasteiger partial charge on any atom is -0.493 e. The fraction of sp³-hybridized carbons (Fsp3) is 0.294. The van der Waals surface area contributed by atoms with Crippen LogP contribution in [-0.4, -0.2) is 25.3 Å². The molecule has 0 fully saturated rings. The van der Waals surface area contributed by atoms with Crippen molar-refractivity contribution < 1.29 is 9.47 Å². The summed E-state index contributed by atoms with van der Waals surface area (Å²) in [5.41, 5.74) is 2.47. The van der Waals surface area contributed by atoms with Crippen LogP contribution in [0.2, 0.25) is 5.02 Å². The summed E-state index contributed by atoms with van der Waals surface area (Å²) in [4.78, 5) is 2.29. The van der Waals surface area contributed by atoms with Crippen LogP contribution in [0.5, 0.6) is 11.5 Å². The van der Waals surface area contributed by atoms with Crippen molar-refractivity contribution in [2.45, 2.75) is 13.0 Å². The van der Waals surface area contributed by atoms with Gasteiger partial charge < -0.3 is 9.47 Å². The molecule has 21 heavy (non-hydrogen) atoms. The molecule has 0 radical (unpaired) electrons. The van der Waals surface area contributed by atoms with Crippen molar-refractivity contribution in [3.63, 3.8) is 0 Å². The minimum absolute atomic E-state index is 0.598. The Hall–Kier alpha value is -1.71. The predicted octanol–water partition coefficient (Wildman–Crippen LogP) is 3.74. The Labute approximate surface area is 130 Å². The normalized spacial score (nSPS) is 14.4. The number of rotatable bonds is 4. The lowest BCUT2D eigenvalue weighted by Crippen LogP contribution is -2.33. The Morgan fingerprint density at radius 3 is 2.76 bits per heavy atom. The molecule has 110 valence electrons. The summed E-state index contributed by atoms with van der Waals surface area (Å²) in [6, 6.07) is 14.0. The summed E-state index contributed by atoms with van der Waals surface area (Å²) in [7, 11) is 1.67. The smallest absolute Gasteiger partial charge is 0.167 e. The maximum Gasteiger partial charge on any atom is 0.167 e. The van der Waals surface area contributed by atoms with E-state index in [0.717, 1.165) is 36.0 Å². The first-order valence-corrected chi connectivity index (χ1v) is 7.39. The molecule has 3 nitrogen and oxygen atoms in total. The predicted molar refractivity (Wildman–Crippen MR) is 84.1 cm³/mol. The lowest BCUT2D eigenvalue weighted by Gasteiger charge is -2.29. The Morgan fingerprint density at radius 2 is 2.00 bits per heavy atom. The molecule has 3 rings (SSSR count). The Kier molecular flexibility index (Phi) is 4.32. The van der Waals surface area contributed by atoms with E-state index in [9.17, 15) is 0 Å². The molecule has 2 aromatic carbocycles. The topological polar surface area (TPSA) is 21.7 Å².